The molecule has 1 aliphatic rings. The maximum absolute atomic E-state index is 5.91. The summed E-state index contributed by atoms with van der Waals surface area (Å²) in [5, 5.41) is 0. The van der Waals surface area contributed by atoms with Gasteiger partial charge in [0, 0.05) is 39.3 Å². The number of nitrogens with zero attached hydrogens (tertiary/aromatic N) is 1. The molecule has 0 aromatic rings. The van der Waals surface area contributed by atoms with Crippen LogP contribution in [0.5, 0.6) is 0 Å². The van der Waals surface area contributed by atoms with Crippen LogP contribution in [0.25, 0.3) is 0 Å². The lowest BCUT2D eigenvalue weighted by Crippen LogP contribution is -2.47. The third kappa shape index (κ3) is 4.50. The first-order valence-electron chi connectivity index (χ1n) is 7.09. The second-order valence-corrected chi connectivity index (χ2v) is 5.61. The predicted molar refractivity (Wildman–Crippen MR) is 74.4 cm³/mol. The molecule has 1 atom stereocenters. The minimum Gasteiger partial charge on any atom is -0.356 e. The molecule has 1 rings (SSSR count). The highest BCUT2D eigenvalue weighted by Gasteiger charge is 2.27. The second-order valence-electron chi connectivity index (χ2n) is 5.61. The topological polar surface area (TPSA) is 47.7 Å². The number of ether oxygens (including phenoxy) is 2. The lowest BCUT2D eigenvalue weighted by Gasteiger charge is -2.39. The summed E-state index contributed by atoms with van der Waals surface area (Å²) in [6.45, 7) is 3.01. The Hall–Kier alpha value is -0.160. The van der Waals surface area contributed by atoms with Crippen LogP contribution in [0.15, 0.2) is 0 Å². The van der Waals surface area contributed by atoms with Crippen LogP contribution >= 0.6 is 0 Å². The van der Waals surface area contributed by atoms with Crippen molar-refractivity contribution >= 4 is 0 Å². The van der Waals surface area contributed by atoms with Gasteiger partial charge in [0.1, 0.15) is 0 Å². The summed E-state index contributed by atoms with van der Waals surface area (Å²) in [6, 6.07) is 1.01. The molecule has 0 spiro atoms. The van der Waals surface area contributed by atoms with E-state index in [1.165, 1.54) is 25.7 Å². The maximum Gasteiger partial charge on any atom is 0.158 e. The zero-order chi connectivity index (χ0) is 13.5. The van der Waals surface area contributed by atoms with Crippen molar-refractivity contribution in [3.8, 4) is 0 Å². The molecule has 0 aromatic heterocycles. The van der Waals surface area contributed by atoms with Gasteiger partial charge in [-0.05, 0) is 38.6 Å². The van der Waals surface area contributed by atoms with Gasteiger partial charge in [-0.15, -0.1) is 0 Å². The molecule has 2 N–H and O–H groups in total. The molecule has 1 saturated carbocycles. The van der Waals surface area contributed by atoms with Gasteiger partial charge in [0.15, 0.2) is 6.29 Å². The molecule has 1 unspecified atom stereocenters. The van der Waals surface area contributed by atoms with Crippen molar-refractivity contribution in [2.45, 2.75) is 57.4 Å². The van der Waals surface area contributed by atoms with E-state index in [1.807, 2.05) is 0 Å². The van der Waals surface area contributed by atoms with E-state index in [9.17, 15) is 0 Å². The van der Waals surface area contributed by atoms with E-state index >= 15 is 0 Å². The Labute approximate surface area is 112 Å². The van der Waals surface area contributed by atoms with Crippen LogP contribution in [0.3, 0.4) is 0 Å². The van der Waals surface area contributed by atoms with Gasteiger partial charge in [0.05, 0.1) is 0 Å². The number of nitrogens with two attached hydrogens (primary N) is 1. The molecule has 1 fully saturated rings. The van der Waals surface area contributed by atoms with Gasteiger partial charge in [-0.1, -0.05) is 6.92 Å². The highest BCUT2D eigenvalue weighted by Crippen LogP contribution is 2.28. The maximum atomic E-state index is 5.91. The lowest BCUT2D eigenvalue weighted by atomic mass is 9.86. The first-order chi connectivity index (χ1) is 8.62. The number of hydrogen-bond acceptors (Lipinski definition) is 4. The van der Waals surface area contributed by atoms with Crippen LogP contribution in [0.1, 0.15) is 39.0 Å². The fraction of sp³-hybridized carbons (Fsp3) is 1.00. The number of methoxy groups -OCH3 is 2. The largest absolute Gasteiger partial charge is 0.356 e. The Kier molecular flexibility index (Phi) is 7.15. The normalized spacial score (nSPS) is 26.8. The highest BCUT2D eigenvalue weighted by atomic mass is 16.7. The van der Waals surface area contributed by atoms with Crippen molar-refractivity contribution in [3.05, 3.63) is 0 Å². The van der Waals surface area contributed by atoms with Crippen LogP contribution in [-0.4, -0.2) is 51.1 Å². The fourth-order valence-electron chi connectivity index (χ4n) is 2.89. The van der Waals surface area contributed by atoms with Gasteiger partial charge in [0.25, 0.3) is 0 Å². The summed E-state index contributed by atoms with van der Waals surface area (Å²) < 4.78 is 10.6. The Morgan fingerprint density at radius 2 is 1.72 bits per heavy atom. The number of hydrogen-bond donors (Lipinski definition) is 1. The molecule has 0 heterocycles. The predicted octanol–water partition coefficient (Wildman–Crippen LogP) is 1.83. The lowest BCUT2D eigenvalue weighted by molar-refractivity contribution is -0.117. The number of likely N-dealkylation sites (N-methyl/N-ethyl adjacent to an activating group) is 1. The van der Waals surface area contributed by atoms with Crippen LogP contribution in [0.4, 0.5) is 0 Å². The Balaban J connectivity index is 2.47. The molecule has 1 aliphatic carbocycles. The van der Waals surface area contributed by atoms with Gasteiger partial charge >= 0.3 is 0 Å². The third-order valence-corrected chi connectivity index (χ3v) is 4.40. The van der Waals surface area contributed by atoms with Crippen molar-refractivity contribution in [1.29, 1.82) is 0 Å². The molecule has 0 amide bonds. The average Bonchev–Trinajstić information content (AvgIpc) is 2.40. The minimum absolute atomic E-state index is 0.150. The molecule has 0 radical (unpaired) electrons. The molecule has 0 aromatic carbocycles. The van der Waals surface area contributed by atoms with Gasteiger partial charge in [-0.2, -0.15) is 0 Å². The molecule has 0 saturated heterocycles. The first kappa shape index (κ1) is 15.9. The van der Waals surface area contributed by atoms with E-state index in [-0.39, 0.29) is 6.29 Å². The summed E-state index contributed by atoms with van der Waals surface area (Å²) in [5.41, 5.74) is 5.91. The Morgan fingerprint density at radius 3 is 2.17 bits per heavy atom. The van der Waals surface area contributed by atoms with Crippen LogP contribution in [-0.2, 0) is 9.47 Å². The van der Waals surface area contributed by atoms with Crippen LogP contribution < -0.4 is 5.73 Å². The molecule has 4 nitrogen and oxygen atoms in total. The van der Waals surface area contributed by atoms with Crippen molar-refractivity contribution < 1.29 is 9.47 Å². The SMILES string of the molecule is COC(CC(CN)N(C)C1CCC(C)CC1)OC. The quantitative estimate of drug-likeness (QED) is 0.708. The van der Waals surface area contributed by atoms with Crippen molar-refractivity contribution in [2.24, 2.45) is 11.7 Å². The number of rotatable bonds is 7. The van der Waals surface area contributed by atoms with E-state index in [0.717, 1.165) is 12.3 Å². The molecule has 18 heavy (non-hydrogen) atoms. The zero-order valence-electron chi connectivity index (χ0n) is 12.4. The molecule has 4 heteroatoms. The highest BCUT2D eigenvalue weighted by molar-refractivity contribution is 4.82. The van der Waals surface area contributed by atoms with E-state index in [2.05, 4.69) is 18.9 Å². The van der Waals surface area contributed by atoms with Crippen molar-refractivity contribution in [1.82, 2.24) is 4.90 Å². The second kappa shape index (κ2) is 8.10. The fourth-order valence-corrected chi connectivity index (χ4v) is 2.89. The van der Waals surface area contributed by atoms with E-state index in [0.29, 0.717) is 18.6 Å². The van der Waals surface area contributed by atoms with Crippen molar-refractivity contribution in [2.75, 3.05) is 27.8 Å². The monoisotopic (exact) mass is 258 g/mol. The smallest absolute Gasteiger partial charge is 0.158 e. The zero-order valence-corrected chi connectivity index (χ0v) is 12.4. The standard InChI is InChI=1S/C14H30N2O2/c1-11-5-7-12(8-6-11)16(2)13(10-15)9-14(17-3)18-4/h11-14H,5-10,15H2,1-4H3. The van der Waals surface area contributed by atoms with E-state index in [1.54, 1.807) is 14.2 Å². The Morgan fingerprint density at radius 1 is 1.17 bits per heavy atom. The van der Waals surface area contributed by atoms with E-state index in [4.69, 9.17) is 15.2 Å². The minimum atomic E-state index is -0.150. The summed E-state index contributed by atoms with van der Waals surface area (Å²) in [7, 11) is 5.56. The summed E-state index contributed by atoms with van der Waals surface area (Å²) in [5.74, 6) is 0.886. The van der Waals surface area contributed by atoms with Gasteiger partial charge in [-0.25, -0.2) is 0 Å². The first-order valence-corrected chi connectivity index (χ1v) is 7.09. The summed E-state index contributed by atoms with van der Waals surface area (Å²) >= 11 is 0. The van der Waals surface area contributed by atoms with Crippen molar-refractivity contribution in [3.63, 3.8) is 0 Å². The van der Waals surface area contributed by atoms with Gasteiger partial charge in [0.2, 0.25) is 0 Å². The molecular formula is C14H30N2O2. The molecule has 108 valence electrons. The summed E-state index contributed by atoms with van der Waals surface area (Å²) in [6.07, 6.45) is 5.95. The third-order valence-electron chi connectivity index (χ3n) is 4.40. The molecular weight excluding hydrogens is 228 g/mol. The van der Waals surface area contributed by atoms with Gasteiger partial charge in [-0.3, -0.25) is 4.90 Å². The van der Waals surface area contributed by atoms with Gasteiger partial charge < -0.3 is 15.2 Å². The average molecular weight is 258 g/mol. The van der Waals surface area contributed by atoms with Crippen LogP contribution in [0.2, 0.25) is 0 Å². The van der Waals surface area contributed by atoms with Crippen LogP contribution in [0, 0.1) is 5.92 Å². The Bertz CT molecular complexity index is 214. The van der Waals surface area contributed by atoms with E-state index < -0.39 is 0 Å². The summed E-state index contributed by atoms with van der Waals surface area (Å²) in [4.78, 5) is 2.44. The molecule has 0 aliphatic heterocycles. The molecule has 0 bridgehead atoms.